The number of rotatable bonds is 4. The van der Waals surface area contributed by atoms with E-state index in [1.54, 1.807) is 0 Å². The Morgan fingerprint density at radius 2 is 2.20 bits per heavy atom. The first-order valence-electron chi connectivity index (χ1n) is 8.16. The van der Waals surface area contributed by atoms with Gasteiger partial charge in [0.05, 0.1) is 5.60 Å². The molecule has 1 spiro atoms. The van der Waals surface area contributed by atoms with Gasteiger partial charge in [-0.25, -0.2) is 0 Å². The molecule has 1 saturated carbocycles. The van der Waals surface area contributed by atoms with Gasteiger partial charge in [0.1, 0.15) is 0 Å². The van der Waals surface area contributed by atoms with Gasteiger partial charge in [-0.15, -0.1) is 11.3 Å². The highest BCUT2D eigenvalue weighted by molar-refractivity contribution is 7.12. The van der Waals surface area contributed by atoms with Crippen LogP contribution in [0, 0.1) is 5.92 Å². The monoisotopic (exact) mass is 293 g/mol. The Balaban J connectivity index is 1.75. The molecule has 1 saturated heterocycles. The molecule has 2 nitrogen and oxygen atoms in total. The molecule has 0 amide bonds. The normalized spacial score (nSPS) is 27.0. The predicted octanol–water partition coefficient (Wildman–Crippen LogP) is 4.31. The summed E-state index contributed by atoms with van der Waals surface area (Å²) in [7, 11) is 2.12. The molecule has 0 radical (unpaired) electrons. The van der Waals surface area contributed by atoms with Gasteiger partial charge < -0.3 is 10.1 Å². The SMILES string of the molecule is CCc1ccc(C(NC)C2CCOC3(CCCC3)C2)s1. The molecule has 112 valence electrons. The summed E-state index contributed by atoms with van der Waals surface area (Å²) in [5, 5.41) is 3.59. The summed E-state index contributed by atoms with van der Waals surface area (Å²) in [5.41, 5.74) is 0.225. The summed E-state index contributed by atoms with van der Waals surface area (Å²) in [6.07, 6.45) is 8.88. The highest BCUT2D eigenvalue weighted by Gasteiger charge is 2.42. The van der Waals surface area contributed by atoms with Crippen molar-refractivity contribution < 1.29 is 4.74 Å². The first kappa shape index (κ1) is 14.6. The minimum atomic E-state index is 0.225. The highest BCUT2D eigenvalue weighted by Crippen LogP contribution is 2.45. The molecule has 1 N–H and O–H groups in total. The lowest BCUT2D eigenvalue weighted by Gasteiger charge is -2.41. The average Bonchev–Trinajstić information content (AvgIpc) is 3.10. The van der Waals surface area contributed by atoms with Crippen LogP contribution in [0.3, 0.4) is 0 Å². The average molecular weight is 293 g/mol. The lowest BCUT2D eigenvalue weighted by Crippen LogP contribution is -2.41. The quantitative estimate of drug-likeness (QED) is 0.893. The summed E-state index contributed by atoms with van der Waals surface area (Å²) in [6, 6.07) is 5.15. The standard InChI is InChI=1S/C17H27NOS/c1-3-14-6-7-15(20-14)16(18-2)13-8-11-19-17(12-13)9-4-5-10-17/h6-7,13,16,18H,3-5,8-12H2,1-2H3. The number of ether oxygens (including phenoxy) is 1. The van der Waals surface area contributed by atoms with Gasteiger partial charge in [-0.1, -0.05) is 19.8 Å². The summed E-state index contributed by atoms with van der Waals surface area (Å²) >= 11 is 1.99. The molecule has 20 heavy (non-hydrogen) atoms. The Morgan fingerprint density at radius 3 is 2.85 bits per heavy atom. The van der Waals surface area contributed by atoms with Crippen molar-refractivity contribution in [3.8, 4) is 0 Å². The van der Waals surface area contributed by atoms with Crippen molar-refractivity contribution in [2.75, 3.05) is 13.7 Å². The van der Waals surface area contributed by atoms with Crippen LogP contribution in [0.4, 0.5) is 0 Å². The smallest absolute Gasteiger partial charge is 0.0686 e. The molecule has 1 aliphatic heterocycles. The maximum Gasteiger partial charge on any atom is 0.0686 e. The van der Waals surface area contributed by atoms with Gasteiger partial charge in [0.25, 0.3) is 0 Å². The number of hydrogen-bond acceptors (Lipinski definition) is 3. The third-order valence-corrected chi connectivity index (χ3v) is 6.48. The van der Waals surface area contributed by atoms with E-state index in [0.717, 1.165) is 18.9 Å². The second-order valence-corrected chi connectivity index (χ2v) is 7.62. The van der Waals surface area contributed by atoms with Crippen LogP contribution in [-0.4, -0.2) is 19.3 Å². The third-order valence-electron chi connectivity index (χ3n) is 5.17. The molecule has 2 heterocycles. The van der Waals surface area contributed by atoms with E-state index in [4.69, 9.17) is 4.74 Å². The van der Waals surface area contributed by atoms with Gasteiger partial charge in [0.2, 0.25) is 0 Å². The van der Waals surface area contributed by atoms with Crippen LogP contribution in [-0.2, 0) is 11.2 Å². The van der Waals surface area contributed by atoms with Crippen molar-refractivity contribution in [3.63, 3.8) is 0 Å². The molecule has 0 bridgehead atoms. The van der Waals surface area contributed by atoms with Gasteiger partial charge in [0, 0.05) is 22.4 Å². The van der Waals surface area contributed by atoms with Crippen molar-refractivity contribution in [3.05, 3.63) is 21.9 Å². The summed E-state index contributed by atoms with van der Waals surface area (Å²) < 4.78 is 6.19. The van der Waals surface area contributed by atoms with E-state index in [2.05, 4.69) is 31.4 Å². The molecule has 1 aromatic rings. The zero-order valence-electron chi connectivity index (χ0n) is 12.8. The number of thiophene rings is 1. The van der Waals surface area contributed by atoms with Crippen molar-refractivity contribution >= 4 is 11.3 Å². The minimum absolute atomic E-state index is 0.225. The van der Waals surface area contributed by atoms with Crippen LogP contribution in [0.25, 0.3) is 0 Å². The Morgan fingerprint density at radius 1 is 1.40 bits per heavy atom. The van der Waals surface area contributed by atoms with Crippen LogP contribution in [0.5, 0.6) is 0 Å². The molecule has 2 fully saturated rings. The van der Waals surface area contributed by atoms with Crippen molar-refractivity contribution in [2.24, 2.45) is 5.92 Å². The fourth-order valence-corrected chi connectivity index (χ4v) is 5.24. The van der Waals surface area contributed by atoms with Gasteiger partial charge in [-0.2, -0.15) is 0 Å². The van der Waals surface area contributed by atoms with E-state index in [9.17, 15) is 0 Å². The Hall–Kier alpha value is -0.380. The first-order valence-corrected chi connectivity index (χ1v) is 8.98. The lowest BCUT2D eigenvalue weighted by molar-refractivity contribution is -0.0977. The fourth-order valence-electron chi connectivity index (χ4n) is 4.08. The van der Waals surface area contributed by atoms with Gasteiger partial charge >= 0.3 is 0 Å². The number of aryl methyl sites for hydroxylation is 1. The summed E-state index contributed by atoms with van der Waals surface area (Å²) in [6.45, 7) is 3.20. The zero-order chi connectivity index (χ0) is 14.0. The first-order chi connectivity index (χ1) is 9.76. The summed E-state index contributed by atoms with van der Waals surface area (Å²) in [5.74, 6) is 0.732. The maximum atomic E-state index is 6.19. The van der Waals surface area contributed by atoms with E-state index in [0.29, 0.717) is 6.04 Å². The fraction of sp³-hybridized carbons (Fsp3) is 0.765. The predicted molar refractivity (Wildman–Crippen MR) is 85.4 cm³/mol. The van der Waals surface area contributed by atoms with Gasteiger partial charge in [-0.05, 0) is 57.2 Å². The van der Waals surface area contributed by atoms with Crippen molar-refractivity contribution in [1.82, 2.24) is 5.32 Å². The van der Waals surface area contributed by atoms with E-state index < -0.39 is 0 Å². The molecule has 2 atom stereocenters. The van der Waals surface area contributed by atoms with E-state index in [-0.39, 0.29) is 5.60 Å². The molecular formula is C17H27NOS. The lowest BCUT2D eigenvalue weighted by atomic mass is 9.80. The Kier molecular flexibility index (Phi) is 4.49. The number of hydrogen-bond donors (Lipinski definition) is 1. The number of nitrogens with one attached hydrogen (secondary N) is 1. The molecule has 1 aromatic heterocycles. The molecule has 2 aliphatic rings. The maximum absolute atomic E-state index is 6.19. The van der Waals surface area contributed by atoms with Crippen LogP contribution in [0.2, 0.25) is 0 Å². The molecule has 1 aliphatic carbocycles. The van der Waals surface area contributed by atoms with E-state index >= 15 is 0 Å². The van der Waals surface area contributed by atoms with Crippen molar-refractivity contribution in [1.29, 1.82) is 0 Å². The van der Waals surface area contributed by atoms with Crippen LogP contribution >= 0.6 is 11.3 Å². The molecule has 3 heteroatoms. The second kappa shape index (κ2) is 6.17. The Labute approximate surface area is 126 Å². The van der Waals surface area contributed by atoms with Crippen LogP contribution in [0.15, 0.2) is 12.1 Å². The van der Waals surface area contributed by atoms with Crippen LogP contribution < -0.4 is 5.32 Å². The largest absolute Gasteiger partial charge is 0.375 e. The summed E-state index contributed by atoms with van der Waals surface area (Å²) in [4.78, 5) is 3.02. The second-order valence-electron chi connectivity index (χ2n) is 6.42. The third kappa shape index (κ3) is 2.81. The molecular weight excluding hydrogens is 266 g/mol. The Bertz CT molecular complexity index is 436. The van der Waals surface area contributed by atoms with Gasteiger partial charge in [0.15, 0.2) is 0 Å². The minimum Gasteiger partial charge on any atom is -0.375 e. The molecule has 2 unspecified atom stereocenters. The van der Waals surface area contributed by atoms with Crippen LogP contribution in [0.1, 0.15) is 61.2 Å². The molecule has 0 aromatic carbocycles. The van der Waals surface area contributed by atoms with E-state index in [1.807, 2.05) is 11.3 Å². The topological polar surface area (TPSA) is 21.3 Å². The zero-order valence-corrected chi connectivity index (χ0v) is 13.6. The van der Waals surface area contributed by atoms with Crippen molar-refractivity contribution in [2.45, 2.75) is 63.5 Å². The van der Waals surface area contributed by atoms with E-state index in [1.165, 1.54) is 48.3 Å². The highest BCUT2D eigenvalue weighted by atomic mass is 32.1. The van der Waals surface area contributed by atoms with Gasteiger partial charge in [-0.3, -0.25) is 0 Å². The molecule has 3 rings (SSSR count).